The van der Waals surface area contributed by atoms with Crippen molar-refractivity contribution in [2.75, 3.05) is 6.26 Å². The first-order valence-corrected chi connectivity index (χ1v) is 10.8. The molecule has 4 aromatic rings. The van der Waals surface area contributed by atoms with Crippen molar-refractivity contribution in [1.82, 2.24) is 25.3 Å². The van der Waals surface area contributed by atoms with E-state index in [1.807, 2.05) is 54.8 Å². The highest BCUT2D eigenvalue weighted by atomic mass is 35.5. The van der Waals surface area contributed by atoms with Crippen molar-refractivity contribution in [2.45, 2.75) is 11.4 Å². The third-order valence-electron chi connectivity index (χ3n) is 4.51. The molecule has 0 unspecified atom stereocenters. The maximum atomic E-state index is 13.0. The van der Waals surface area contributed by atoms with E-state index in [2.05, 4.69) is 20.6 Å². The van der Waals surface area contributed by atoms with Crippen LogP contribution in [0.3, 0.4) is 0 Å². The Balaban J connectivity index is 1.67. The summed E-state index contributed by atoms with van der Waals surface area (Å²) in [5, 5.41) is 11.8. The smallest absolute Gasteiger partial charge is 0.274 e. The predicted molar refractivity (Wildman–Crippen MR) is 119 cm³/mol. The Morgan fingerprint density at radius 2 is 1.90 bits per heavy atom. The maximum absolute atomic E-state index is 13.0. The van der Waals surface area contributed by atoms with Gasteiger partial charge < -0.3 is 5.32 Å². The highest BCUT2D eigenvalue weighted by Crippen LogP contribution is 2.28. The van der Waals surface area contributed by atoms with Gasteiger partial charge in [-0.15, -0.1) is 16.9 Å². The third kappa shape index (κ3) is 4.22. The van der Waals surface area contributed by atoms with Gasteiger partial charge >= 0.3 is 0 Å². The molecule has 0 saturated carbocycles. The zero-order valence-corrected chi connectivity index (χ0v) is 17.7. The number of halogens is 1. The lowest BCUT2D eigenvalue weighted by Gasteiger charge is -2.10. The molecule has 0 spiro atoms. The molecule has 2 heterocycles. The van der Waals surface area contributed by atoms with Gasteiger partial charge in [0.15, 0.2) is 5.69 Å². The molecule has 0 aliphatic heterocycles. The molecule has 0 bridgehead atoms. The molecule has 0 fully saturated rings. The molecule has 0 atom stereocenters. The standard InChI is InChI=1S/C22H18ClN5OS/c1-30-17-10-8-15(9-11-17)13-25-22(29)20-21(16-5-4-12-24-14-16)28(27-26-20)19-7-3-2-6-18(19)23/h2-12,14H,13H2,1H3,(H,25,29). The van der Waals surface area contributed by atoms with Crippen LogP contribution >= 0.6 is 23.4 Å². The minimum absolute atomic E-state index is 0.212. The molecular weight excluding hydrogens is 418 g/mol. The summed E-state index contributed by atoms with van der Waals surface area (Å²) >= 11 is 8.04. The first-order chi connectivity index (χ1) is 14.7. The topological polar surface area (TPSA) is 72.7 Å². The maximum Gasteiger partial charge on any atom is 0.274 e. The molecule has 0 radical (unpaired) electrons. The largest absolute Gasteiger partial charge is 0.346 e. The van der Waals surface area contributed by atoms with E-state index in [9.17, 15) is 4.79 Å². The van der Waals surface area contributed by atoms with Crippen molar-refractivity contribution in [3.8, 4) is 16.9 Å². The summed E-state index contributed by atoms with van der Waals surface area (Å²) in [6.45, 7) is 0.388. The van der Waals surface area contributed by atoms with Crippen molar-refractivity contribution in [2.24, 2.45) is 0 Å². The van der Waals surface area contributed by atoms with Gasteiger partial charge in [0.25, 0.3) is 5.91 Å². The molecule has 0 saturated heterocycles. The number of hydrogen-bond donors (Lipinski definition) is 1. The number of carbonyl (C=O) groups excluding carboxylic acids is 1. The van der Waals surface area contributed by atoms with Crippen LogP contribution in [0.1, 0.15) is 16.1 Å². The van der Waals surface area contributed by atoms with Crippen LogP contribution in [0.2, 0.25) is 5.02 Å². The summed E-state index contributed by atoms with van der Waals surface area (Å²) in [7, 11) is 0. The lowest BCUT2D eigenvalue weighted by atomic mass is 10.1. The number of thioether (sulfide) groups is 1. The fourth-order valence-corrected chi connectivity index (χ4v) is 3.62. The number of hydrogen-bond acceptors (Lipinski definition) is 5. The van der Waals surface area contributed by atoms with Gasteiger partial charge in [-0.25, -0.2) is 4.68 Å². The molecule has 1 amide bonds. The van der Waals surface area contributed by atoms with Gasteiger partial charge in [0.05, 0.1) is 10.7 Å². The summed E-state index contributed by atoms with van der Waals surface area (Å²) in [4.78, 5) is 18.3. The lowest BCUT2D eigenvalue weighted by Crippen LogP contribution is -2.24. The van der Waals surface area contributed by atoms with Gasteiger partial charge in [0.2, 0.25) is 0 Å². The molecule has 4 rings (SSSR count). The molecule has 30 heavy (non-hydrogen) atoms. The fraction of sp³-hybridized carbons (Fsp3) is 0.0909. The van der Waals surface area contributed by atoms with Crippen molar-refractivity contribution in [3.05, 3.63) is 89.3 Å². The van der Waals surface area contributed by atoms with Crippen LogP contribution in [0, 0.1) is 0 Å². The molecule has 2 aromatic carbocycles. The van der Waals surface area contributed by atoms with Crippen molar-refractivity contribution in [3.63, 3.8) is 0 Å². The second kappa shape index (κ2) is 9.11. The predicted octanol–water partition coefficient (Wildman–Crippen LogP) is 4.63. The van der Waals surface area contributed by atoms with E-state index in [1.165, 1.54) is 4.90 Å². The number of rotatable bonds is 6. The number of nitrogens with one attached hydrogen (secondary N) is 1. The van der Waals surface area contributed by atoms with Gasteiger partial charge in [-0.2, -0.15) is 0 Å². The van der Waals surface area contributed by atoms with Crippen LogP contribution in [0.4, 0.5) is 0 Å². The Kier molecular flexibility index (Phi) is 6.11. The van der Waals surface area contributed by atoms with Crippen molar-refractivity contribution in [1.29, 1.82) is 0 Å². The number of para-hydroxylation sites is 1. The molecule has 0 aliphatic rings. The first kappa shape index (κ1) is 20.1. The molecule has 2 aromatic heterocycles. The van der Waals surface area contributed by atoms with Gasteiger partial charge in [0.1, 0.15) is 5.69 Å². The quantitative estimate of drug-likeness (QED) is 0.447. The Morgan fingerprint density at radius 1 is 1.10 bits per heavy atom. The molecular formula is C22H18ClN5OS. The molecule has 1 N–H and O–H groups in total. The van der Waals surface area contributed by atoms with Gasteiger partial charge in [-0.05, 0) is 48.2 Å². The number of pyridine rings is 1. The van der Waals surface area contributed by atoms with E-state index in [0.717, 1.165) is 11.1 Å². The van der Waals surface area contributed by atoms with E-state index in [0.29, 0.717) is 22.9 Å². The van der Waals surface area contributed by atoms with Crippen LogP contribution in [-0.4, -0.2) is 32.1 Å². The van der Waals surface area contributed by atoms with Crippen LogP contribution in [0.15, 0.2) is 78.0 Å². The normalized spacial score (nSPS) is 10.7. The van der Waals surface area contributed by atoms with Crippen molar-refractivity contribution >= 4 is 29.3 Å². The Hall–Kier alpha value is -3.16. The summed E-state index contributed by atoms with van der Waals surface area (Å²) in [5.41, 5.74) is 3.10. The SMILES string of the molecule is CSc1ccc(CNC(=O)c2nnn(-c3ccccc3Cl)c2-c2cccnc2)cc1. The molecule has 6 nitrogen and oxygen atoms in total. The molecule has 8 heteroatoms. The number of aromatic nitrogens is 4. The Labute approximate surface area is 183 Å². The van der Waals surface area contributed by atoms with Gasteiger partial charge in [-0.1, -0.05) is 41.1 Å². The number of benzene rings is 2. The molecule has 150 valence electrons. The van der Waals surface area contributed by atoms with E-state index < -0.39 is 0 Å². The highest BCUT2D eigenvalue weighted by molar-refractivity contribution is 7.98. The summed E-state index contributed by atoms with van der Waals surface area (Å²) in [6.07, 6.45) is 5.37. The van der Waals surface area contributed by atoms with Crippen molar-refractivity contribution < 1.29 is 4.79 Å². The number of amides is 1. The zero-order valence-electron chi connectivity index (χ0n) is 16.1. The van der Waals surface area contributed by atoms with E-state index >= 15 is 0 Å². The molecule has 0 aliphatic carbocycles. The van der Waals surface area contributed by atoms with E-state index in [1.54, 1.807) is 41.0 Å². The monoisotopic (exact) mass is 435 g/mol. The second-order valence-corrected chi connectivity index (χ2v) is 7.71. The highest BCUT2D eigenvalue weighted by Gasteiger charge is 2.23. The van der Waals surface area contributed by atoms with Crippen LogP contribution in [0.5, 0.6) is 0 Å². The zero-order chi connectivity index (χ0) is 20.9. The minimum Gasteiger partial charge on any atom is -0.346 e. The van der Waals surface area contributed by atoms with Gasteiger partial charge in [-0.3, -0.25) is 9.78 Å². The summed E-state index contributed by atoms with van der Waals surface area (Å²) < 4.78 is 1.57. The number of nitrogens with zero attached hydrogens (tertiary/aromatic N) is 4. The fourth-order valence-electron chi connectivity index (χ4n) is 3.00. The second-order valence-electron chi connectivity index (χ2n) is 6.42. The van der Waals surface area contributed by atoms with E-state index in [-0.39, 0.29) is 11.6 Å². The average Bonchev–Trinajstić information content (AvgIpc) is 3.24. The first-order valence-electron chi connectivity index (χ1n) is 9.19. The third-order valence-corrected chi connectivity index (χ3v) is 5.58. The Bertz CT molecular complexity index is 1160. The summed E-state index contributed by atoms with van der Waals surface area (Å²) in [6, 6.07) is 19.0. The van der Waals surface area contributed by atoms with E-state index in [4.69, 9.17) is 11.6 Å². The van der Waals surface area contributed by atoms with Crippen LogP contribution in [-0.2, 0) is 6.54 Å². The van der Waals surface area contributed by atoms with Crippen LogP contribution in [0.25, 0.3) is 16.9 Å². The minimum atomic E-state index is -0.318. The number of carbonyl (C=O) groups is 1. The van der Waals surface area contributed by atoms with Crippen LogP contribution < -0.4 is 5.32 Å². The summed E-state index contributed by atoms with van der Waals surface area (Å²) in [5.74, 6) is -0.318. The average molecular weight is 436 g/mol. The Morgan fingerprint density at radius 3 is 2.60 bits per heavy atom. The van der Waals surface area contributed by atoms with Gasteiger partial charge in [0, 0.05) is 29.4 Å². The lowest BCUT2D eigenvalue weighted by molar-refractivity contribution is 0.0946.